The summed E-state index contributed by atoms with van der Waals surface area (Å²) in [6.07, 6.45) is -3.36. The van der Waals surface area contributed by atoms with Gasteiger partial charge in [-0.2, -0.15) is 0 Å². The molecular formula is C16H13F3N2O4S2. The maximum Gasteiger partial charge on any atom is 0.573 e. The highest BCUT2D eigenvalue weighted by atomic mass is 32.2. The number of rotatable bonds is 5. The number of aromatic nitrogens is 1. The third kappa shape index (κ3) is 5.54. The summed E-state index contributed by atoms with van der Waals surface area (Å²) in [6, 6.07) is 4.70. The fraction of sp³-hybridized carbons (Fsp3) is 0.250. The predicted molar refractivity (Wildman–Crippen MR) is 92.8 cm³/mol. The van der Waals surface area contributed by atoms with Crippen molar-refractivity contribution in [1.82, 2.24) is 10.3 Å². The lowest BCUT2D eigenvalue weighted by atomic mass is 10.2. The average Bonchev–Trinajstić information content (AvgIpc) is 3.13. The van der Waals surface area contributed by atoms with E-state index in [1.807, 2.05) is 0 Å². The second-order valence-electron chi connectivity index (χ2n) is 5.73. The summed E-state index contributed by atoms with van der Waals surface area (Å²) in [6.45, 7) is 0. The summed E-state index contributed by atoms with van der Waals surface area (Å²) in [5.41, 5.74) is 1.07. The highest BCUT2D eigenvalue weighted by molar-refractivity contribution is 7.94. The van der Waals surface area contributed by atoms with Gasteiger partial charge in [-0.25, -0.2) is 13.4 Å². The Bertz CT molecular complexity index is 966. The molecule has 1 aliphatic rings. The number of amides is 1. The van der Waals surface area contributed by atoms with Crippen LogP contribution in [0.2, 0.25) is 0 Å². The molecule has 2 aromatic rings. The van der Waals surface area contributed by atoms with Gasteiger partial charge in [0.1, 0.15) is 10.8 Å². The van der Waals surface area contributed by atoms with Crippen LogP contribution in [0.3, 0.4) is 0 Å². The molecule has 0 aliphatic carbocycles. The zero-order valence-corrected chi connectivity index (χ0v) is 15.2. The van der Waals surface area contributed by atoms with Crippen LogP contribution in [0.15, 0.2) is 41.1 Å². The first kappa shape index (κ1) is 19.4. The van der Waals surface area contributed by atoms with Gasteiger partial charge < -0.3 is 10.1 Å². The second kappa shape index (κ2) is 7.31. The number of nitrogens with one attached hydrogen (secondary N) is 1. The molecule has 1 atom stereocenters. The minimum absolute atomic E-state index is 0.0316. The number of hydrogen-bond donors (Lipinski definition) is 1. The molecule has 1 aromatic heterocycles. The van der Waals surface area contributed by atoms with E-state index in [0.29, 0.717) is 16.3 Å². The van der Waals surface area contributed by atoms with Crippen molar-refractivity contribution < 1.29 is 31.1 Å². The Kier molecular flexibility index (Phi) is 5.24. The van der Waals surface area contributed by atoms with Gasteiger partial charge in [0.2, 0.25) is 5.91 Å². The van der Waals surface area contributed by atoms with Gasteiger partial charge >= 0.3 is 6.36 Å². The standard InChI is InChI=1S/C16H13F3N2O4S2/c17-16(18,19)25-13-3-1-10(2-4-13)15-21-12(8-26-15)7-14(22)20-11-5-6-27(23,24)9-11/h1-6,8,11H,7,9H2,(H,20,22)/t11-/m0/s1. The number of sulfone groups is 1. The van der Waals surface area contributed by atoms with Gasteiger partial charge in [0, 0.05) is 16.4 Å². The number of ether oxygens (including phenoxy) is 1. The van der Waals surface area contributed by atoms with Crippen LogP contribution < -0.4 is 10.1 Å². The first-order valence-electron chi connectivity index (χ1n) is 7.60. The lowest BCUT2D eigenvalue weighted by Crippen LogP contribution is -2.36. The number of halogens is 3. The van der Waals surface area contributed by atoms with Crippen molar-refractivity contribution in [2.24, 2.45) is 0 Å². The summed E-state index contributed by atoms with van der Waals surface area (Å²) in [5, 5.41) is 5.88. The van der Waals surface area contributed by atoms with E-state index in [2.05, 4.69) is 15.0 Å². The molecule has 1 aliphatic heterocycles. The number of hydrogen-bond acceptors (Lipinski definition) is 6. The van der Waals surface area contributed by atoms with Crippen LogP contribution in [0.25, 0.3) is 10.6 Å². The number of alkyl halides is 3. The molecule has 2 heterocycles. The van der Waals surface area contributed by atoms with Crippen molar-refractivity contribution in [3.8, 4) is 16.3 Å². The van der Waals surface area contributed by atoms with E-state index in [0.717, 1.165) is 5.41 Å². The molecule has 1 amide bonds. The molecule has 0 bridgehead atoms. The lowest BCUT2D eigenvalue weighted by Gasteiger charge is -2.09. The normalized spacial score (nSPS) is 18.4. The van der Waals surface area contributed by atoms with E-state index >= 15 is 0 Å². The van der Waals surface area contributed by atoms with Gasteiger partial charge in [-0.05, 0) is 30.3 Å². The van der Waals surface area contributed by atoms with E-state index in [1.165, 1.54) is 41.7 Å². The highest BCUT2D eigenvalue weighted by Crippen LogP contribution is 2.28. The minimum atomic E-state index is -4.75. The second-order valence-corrected chi connectivity index (χ2v) is 8.51. The van der Waals surface area contributed by atoms with E-state index in [9.17, 15) is 26.4 Å². The molecule has 11 heteroatoms. The quantitative estimate of drug-likeness (QED) is 0.807. The highest BCUT2D eigenvalue weighted by Gasteiger charge is 2.31. The van der Waals surface area contributed by atoms with Crippen LogP contribution in [0.4, 0.5) is 13.2 Å². The summed E-state index contributed by atoms with van der Waals surface area (Å²) in [7, 11) is -3.25. The number of benzene rings is 1. The van der Waals surface area contributed by atoms with Gasteiger partial charge in [0.25, 0.3) is 0 Å². The Labute approximate surface area is 156 Å². The van der Waals surface area contributed by atoms with E-state index in [4.69, 9.17) is 0 Å². The Morgan fingerprint density at radius 3 is 2.59 bits per heavy atom. The van der Waals surface area contributed by atoms with Crippen LogP contribution in [-0.4, -0.2) is 37.5 Å². The molecule has 0 radical (unpaired) electrons. The molecule has 3 rings (SSSR count). The first-order chi connectivity index (χ1) is 12.6. The molecule has 6 nitrogen and oxygen atoms in total. The molecule has 0 spiro atoms. The first-order valence-corrected chi connectivity index (χ1v) is 10.2. The Morgan fingerprint density at radius 2 is 2.00 bits per heavy atom. The van der Waals surface area contributed by atoms with Gasteiger partial charge in [0.15, 0.2) is 9.84 Å². The van der Waals surface area contributed by atoms with Crippen molar-refractivity contribution in [3.05, 3.63) is 46.8 Å². The van der Waals surface area contributed by atoms with Crippen molar-refractivity contribution in [3.63, 3.8) is 0 Å². The Balaban J connectivity index is 1.60. The molecule has 0 saturated heterocycles. The maximum atomic E-state index is 12.2. The average molecular weight is 418 g/mol. The Morgan fingerprint density at radius 1 is 1.30 bits per heavy atom. The summed E-state index contributed by atoms with van der Waals surface area (Å²) in [5.74, 6) is -0.859. The maximum absolute atomic E-state index is 12.2. The molecular weight excluding hydrogens is 405 g/mol. The summed E-state index contributed by atoms with van der Waals surface area (Å²) < 4.78 is 63.0. The third-order valence-corrected chi connectivity index (χ3v) is 5.84. The molecule has 144 valence electrons. The number of nitrogens with zero attached hydrogens (tertiary/aromatic N) is 1. The number of carbonyl (C=O) groups excluding carboxylic acids is 1. The van der Waals surface area contributed by atoms with E-state index in [1.54, 1.807) is 5.38 Å². The predicted octanol–water partition coefficient (Wildman–Crippen LogP) is 2.68. The van der Waals surface area contributed by atoms with Gasteiger partial charge in [-0.15, -0.1) is 24.5 Å². The fourth-order valence-corrected chi connectivity index (χ4v) is 4.47. The van der Waals surface area contributed by atoms with Crippen LogP contribution in [0.1, 0.15) is 5.69 Å². The molecule has 0 saturated carbocycles. The largest absolute Gasteiger partial charge is 0.573 e. The van der Waals surface area contributed by atoms with Crippen molar-refractivity contribution in [2.45, 2.75) is 18.8 Å². The molecule has 1 aromatic carbocycles. The van der Waals surface area contributed by atoms with Crippen LogP contribution in [-0.2, 0) is 21.1 Å². The van der Waals surface area contributed by atoms with Crippen molar-refractivity contribution >= 4 is 27.1 Å². The smallest absolute Gasteiger partial charge is 0.406 e. The zero-order chi connectivity index (χ0) is 19.7. The molecule has 1 N–H and O–H groups in total. The number of thiazole rings is 1. The summed E-state index contributed by atoms with van der Waals surface area (Å²) >= 11 is 1.24. The van der Waals surface area contributed by atoms with E-state index in [-0.39, 0.29) is 23.8 Å². The fourth-order valence-electron chi connectivity index (χ4n) is 2.41. The Hall–Kier alpha value is -2.40. The monoisotopic (exact) mass is 418 g/mol. The third-order valence-electron chi connectivity index (χ3n) is 3.50. The molecule has 0 unspecified atom stereocenters. The van der Waals surface area contributed by atoms with Gasteiger partial charge in [-0.1, -0.05) is 0 Å². The SMILES string of the molecule is O=C(Cc1csc(-c2ccc(OC(F)(F)F)cc2)n1)N[C@H]1C=CS(=O)(=O)C1. The minimum Gasteiger partial charge on any atom is -0.406 e. The van der Waals surface area contributed by atoms with Crippen molar-refractivity contribution in [2.75, 3.05) is 5.75 Å². The molecule has 27 heavy (non-hydrogen) atoms. The topological polar surface area (TPSA) is 85.4 Å². The van der Waals surface area contributed by atoms with Crippen molar-refractivity contribution in [1.29, 1.82) is 0 Å². The van der Waals surface area contributed by atoms with E-state index < -0.39 is 22.2 Å². The zero-order valence-electron chi connectivity index (χ0n) is 13.6. The summed E-state index contributed by atoms with van der Waals surface area (Å²) in [4.78, 5) is 16.3. The van der Waals surface area contributed by atoms with Crippen LogP contribution in [0, 0.1) is 0 Å². The lowest BCUT2D eigenvalue weighted by molar-refractivity contribution is -0.274. The van der Waals surface area contributed by atoms with Gasteiger partial charge in [0.05, 0.1) is 23.9 Å². The van der Waals surface area contributed by atoms with Crippen LogP contribution >= 0.6 is 11.3 Å². The van der Waals surface area contributed by atoms with Gasteiger partial charge in [-0.3, -0.25) is 4.79 Å². The number of carbonyl (C=O) groups is 1. The van der Waals surface area contributed by atoms with Crippen LogP contribution in [0.5, 0.6) is 5.75 Å². The molecule has 0 fully saturated rings.